The third-order valence-electron chi connectivity index (χ3n) is 3.07. The van der Waals surface area contributed by atoms with E-state index in [1.165, 1.54) is 0 Å². The molecule has 0 fully saturated rings. The zero-order valence-electron chi connectivity index (χ0n) is 11.1. The first-order valence-electron chi connectivity index (χ1n) is 6.02. The minimum absolute atomic E-state index is 0.00875. The molecule has 20 heavy (non-hydrogen) atoms. The molecule has 0 bridgehead atoms. The SMILES string of the molecule is CC1=C(S(=O)(=O)c2ccc(C)cc2)C(CCl)NC(=O)N1. The van der Waals surface area contributed by atoms with Crippen LogP contribution in [0.2, 0.25) is 0 Å². The fourth-order valence-electron chi connectivity index (χ4n) is 2.09. The van der Waals surface area contributed by atoms with Crippen LogP contribution >= 0.6 is 11.6 Å². The summed E-state index contributed by atoms with van der Waals surface area (Å²) in [4.78, 5) is 11.7. The van der Waals surface area contributed by atoms with Gasteiger partial charge in [-0.1, -0.05) is 17.7 Å². The van der Waals surface area contributed by atoms with Crippen LogP contribution in [-0.2, 0) is 9.84 Å². The van der Waals surface area contributed by atoms with Gasteiger partial charge in [0.1, 0.15) is 0 Å². The molecule has 1 heterocycles. The number of carbonyl (C=O) groups excluding carboxylic acids is 1. The van der Waals surface area contributed by atoms with Crippen molar-refractivity contribution in [3.63, 3.8) is 0 Å². The van der Waals surface area contributed by atoms with Gasteiger partial charge < -0.3 is 10.6 Å². The van der Waals surface area contributed by atoms with E-state index in [0.29, 0.717) is 5.70 Å². The number of rotatable bonds is 3. The molecule has 0 spiro atoms. The standard InChI is InChI=1S/C13H15ClN2O3S/c1-8-3-5-10(6-4-8)20(18,19)12-9(2)15-13(17)16-11(12)7-14/h3-6,11H,7H2,1-2H3,(H2,15,16,17). The van der Waals surface area contributed by atoms with Crippen molar-refractivity contribution in [2.24, 2.45) is 0 Å². The lowest BCUT2D eigenvalue weighted by atomic mass is 10.2. The second-order valence-corrected chi connectivity index (χ2v) is 6.84. The zero-order valence-corrected chi connectivity index (χ0v) is 12.7. The first-order valence-corrected chi connectivity index (χ1v) is 8.04. The summed E-state index contributed by atoms with van der Waals surface area (Å²) in [5, 5.41) is 4.99. The number of hydrogen-bond acceptors (Lipinski definition) is 3. The highest BCUT2D eigenvalue weighted by Crippen LogP contribution is 2.26. The van der Waals surface area contributed by atoms with E-state index in [0.717, 1.165) is 5.56 Å². The molecule has 0 saturated heterocycles. The Hall–Kier alpha value is -1.53. The third kappa shape index (κ3) is 2.66. The number of alkyl halides is 1. The highest BCUT2D eigenvalue weighted by Gasteiger charge is 2.34. The molecule has 2 rings (SSSR count). The van der Waals surface area contributed by atoms with Gasteiger partial charge in [0.05, 0.1) is 15.8 Å². The van der Waals surface area contributed by atoms with Gasteiger partial charge in [0.25, 0.3) is 0 Å². The average molecular weight is 315 g/mol. The number of carbonyl (C=O) groups is 1. The second-order valence-electron chi connectivity index (χ2n) is 4.61. The molecular weight excluding hydrogens is 300 g/mol. The molecule has 108 valence electrons. The van der Waals surface area contributed by atoms with Gasteiger partial charge in [-0.05, 0) is 26.0 Å². The Morgan fingerprint density at radius 2 is 1.80 bits per heavy atom. The Morgan fingerprint density at radius 3 is 2.35 bits per heavy atom. The quantitative estimate of drug-likeness (QED) is 0.837. The lowest BCUT2D eigenvalue weighted by Crippen LogP contribution is -2.50. The van der Waals surface area contributed by atoms with Crippen molar-refractivity contribution in [1.82, 2.24) is 10.6 Å². The van der Waals surface area contributed by atoms with E-state index in [9.17, 15) is 13.2 Å². The molecular formula is C13H15ClN2O3S. The molecule has 1 aliphatic heterocycles. The van der Waals surface area contributed by atoms with E-state index in [-0.39, 0.29) is 15.7 Å². The zero-order chi connectivity index (χ0) is 14.9. The fourth-order valence-corrected chi connectivity index (χ4v) is 4.14. The Labute approximate surface area is 122 Å². The van der Waals surface area contributed by atoms with Gasteiger partial charge in [-0.15, -0.1) is 11.6 Å². The number of urea groups is 1. The smallest absolute Gasteiger partial charge is 0.319 e. The summed E-state index contributed by atoms with van der Waals surface area (Å²) in [7, 11) is -3.69. The summed E-state index contributed by atoms with van der Waals surface area (Å²) in [5.41, 5.74) is 1.28. The van der Waals surface area contributed by atoms with Gasteiger partial charge in [0.15, 0.2) is 0 Å². The van der Waals surface area contributed by atoms with Gasteiger partial charge in [0.2, 0.25) is 9.84 Å². The molecule has 1 aromatic carbocycles. The highest BCUT2D eigenvalue weighted by molar-refractivity contribution is 7.95. The molecule has 2 N–H and O–H groups in total. The summed E-state index contributed by atoms with van der Waals surface area (Å²) in [6, 6.07) is 5.38. The Kier molecular flexibility index (Phi) is 4.06. The third-order valence-corrected chi connectivity index (χ3v) is 5.44. The van der Waals surface area contributed by atoms with E-state index in [1.807, 2.05) is 6.92 Å². The van der Waals surface area contributed by atoms with E-state index in [2.05, 4.69) is 10.6 Å². The monoisotopic (exact) mass is 314 g/mol. The topological polar surface area (TPSA) is 75.3 Å². The normalized spacial score (nSPS) is 19.6. The number of aryl methyl sites for hydroxylation is 1. The van der Waals surface area contributed by atoms with Crippen molar-refractivity contribution in [1.29, 1.82) is 0 Å². The van der Waals surface area contributed by atoms with Gasteiger partial charge in [-0.25, -0.2) is 13.2 Å². The van der Waals surface area contributed by atoms with Crippen molar-refractivity contribution in [3.8, 4) is 0 Å². The first kappa shape index (κ1) is 14.9. The van der Waals surface area contributed by atoms with E-state index in [4.69, 9.17) is 11.6 Å². The van der Waals surface area contributed by atoms with Crippen LogP contribution in [0, 0.1) is 6.92 Å². The summed E-state index contributed by atoms with van der Waals surface area (Å²) in [6.07, 6.45) is 0. The number of halogens is 1. The van der Waals surface area contributed by atoms with Crippen LogP contribution in [0.1, 0.15) is 12.5 Å². The van der Waals surface area contributed by atoms with Crippen LogP contribution in [0.4, 0.5) is 4.79 Å². The number of amides is 2. The molecule has 1 aliphatic rings. The fraction of sp³-hybridized carbons (Fsp3) is 0.308. The number of hydrogen-bond donors (Lipinski definition) is 2. The number of sulfone groups is 1. The maximum Gasteiger partial charge on any atom is 0.319 e. The molecule has 1 aromatic rings. The van der Waals surface area contributed by atoms with E-state index < -0.39 is 21.9 Å². The van der Waals surface area contributed by atoms with Crippen LogP contribution in [0.25, 0.3) is 0 Å². The number of nitrogens with one attached hydrogen (secondary N) is 2. The highest BCUT2D eigenvalue weighted by atomic mass is 35.5. The molecule has 0 radical (unpaired) electrons. The molecule has 0 aromatic heterocycles. The Morgan fingerprint density at radius 1 is 1.20 bits per heavy atom. The minimum Gasteiger partial charge on any atom is -0.329 e. The van der Waals surface area contributed by atoms with Crippen LogP contribution in [-0.4, -0.2) is 26.4 Å². The van der Waals surface area contributed by atoms with Crippen LogP contribution < -0.4 is 10.6 Å². The van der Waals surface area contributed by atoms with Crippen molar-refractivity contribution in [3.05, 3.63) is 40.4 Å². The van der Waals surface area contributed by atoms with Gasteiger partial charge in [-0.3, -0.25) is 0 Å². The van der Waals surface area contributed by atoms with Gasteiger partial charge in [-0.2, -0.15) is 0 Å². The Balaban J connectivity index is 2.54. The molecule has 7 heteroatoms. The molecule has 1 atom stereocenters. The van der Waals surface area contributed by atoms with Gasteiger partial charge >= 0.3 is 6.03 Å². The predicted molar refractivity (Wildman–Crippen MR) is 77.2 cm³/mol. The number of allylic oxidation sites excluding steroid dienone is 1. The van der Waals surface area contributed by atoms with E-state index >= 15 is 0 Å². The molecule has 1 unspecified atom stereocenters. The Bertz CT molecular complexity index is 665. The average Bonchev–Trinajstić information content (AvgIpc) is 2.37. The van der Waals surface area contributed by atoms with Crippen molar-refractivity contribution < 1.29 is 13.2 Å². The van der Waals surface area contributed by atoms with Crippen molar-refractivity contribution in [2.45, 2.75) is 24.8 Å². The van der Waals surface area contributed by atoms with E-state index in [1.54, 1.807) is 31.2 Å². The summed E-state index contributed by atoms with van der Waals surface area (Å²) < 4.78 is 25.4. The lowest BCUT2D eigenvalue weighted by molar-refractivity contribution is 0.240. The second kappa shape index (κ2) is 5.46. The molecule has 5 nitrogen and oxygen atoms in total. The summed E-state index contributed by atoms with van der Waals surface area (Å²) in [5.74, 6) is -0.00875. The van der Waals surface area contributed by atoms with Crippen LogP contribution in [0.5, 0.6) is 0 Å². The summed E-state index contributed by atoms with van der Waals surface area (Å²) >= 11 is 5.78. The molecule has 0 saturated carbocycles. The summed E-state index contributed by atoms with van der Waals surface area (Å²) in [6.45, 7) is 3.43. The maximum atomic E-state index is 12.7. The van der Waals surface area contributed by atoms with Crippen LogP contribution in [0.15, 0.2) is 39.8 Å². The molecule has 0 aliphatic carbocycles. The maximum absolute atomic E-state index is 12.7. The van der Waals surface area contributed by atoms with Gasteiger partial charge in [0, 0.05) is 11.6 Å². The lowest BCUT2D eigenvalue weighted by Gasteiger charge is -2.27. The number of benzene rings is 1. The molecule has 2 amide bonds. The largest absolute Gasteiger partial charge is 0.329 e. The predicted octanol–water partition coefficient (Wildman–Crippen LogP) is 1.92. The van der Waals surface area contributed by atoms with Crippen molar-refractivity contribution in [2.75, 3.05) is 5.88 Å². The van der Waals surface area contributed by atoms with Crippen molar-refractivity contribution >= 4 is 27.5 Å². The van der Waals surface area contributed by atoms with Crippen LogP contribution in [0.3, 0.4) is 0 Å². The minimum atomic E-state index is -3.69. The first-order chi connectivity index (χ1) is 9.36.